The number of aromatic nitrogens is 2. The SMILES string of the molecule is COC(=O)c1cc(C#N)ccc1OC.O=C(O)c1cc(-c2noc(-c3ccccc3F)n2)ccc1O. The van der Waals surface area contributed by atoms with Crippen LogP contribution in [0.3, 0.4) is 0 Å². The van der Waals surface area contributed by atoms with Gasteiger partial charge in [0.05, 0.1) is 31.4 Å². The number of carbonyl (C=O) groups excluding carboxylic acids is 1. The molecule has 0 radical (unpaired) electrons. The van der Waals surface area contributed by atoms with Crippen molar-refractivity contribution in [2.24, 2.45) is 0 Å². The molecule has 0 aliphatic rings. The van der Waals surface area contributed by atoms with Crippen molar-refractivity contribution in [1.29, 1.82) is 5.26 Å². The lowest BCUT2D eigenvalue weighted by Gasteiger charge is -2.06. The van der Waals surface area contributed by atoms with Crippen LogP contribution in [0.4, 0.5) is 4.39 Å². The molecule has 0 spiro atoms. The van der Waals surface area contributed by atoms with E-state index in [1.165, 1.54) is 56.7 Å². The van der Waals surface area contributed by atoms with Gasteiger partial charge in [-0.3, -0.25) is 0 Å². The normalized spacial score (nSPS) is 9.94. The van der Waals surface area contributed by atoms with Gasteiger partial charge in [-0.15, -0.1) is 0 Å². The smallest absolute Gasteiger partial charge is 0.341 e. The van der Waals surface area contributed by atoms with Crippen molar-refractivity contribution in [2.75, 3.05) is 14.2 Å². The van der Waals surface area contributed by atoms with Crippen LogP contribution in [-0.2, 0) is 4.74 Å². The van der Waals surface area contributed by atoms with Gasteiger partial charge in [0.2, 0.25) is 5.82 Å². The highest BCUT2D eigenvalue weighted by Gasteiger charge is 2.17. The molecule has 0 saturated heterocycles. The van der Waals surface area contributed by atoms with Gasteiger partial charge in [0.1, 0.15) is 28.4 Å². The highest BCUT2D eigenvalue weighted by atomic mass is 19.1. The number of nitrogens with zero attached hydrogens (tertiary/aromatic N) is 3. The lowest BCUT2D eigenvalue weighted by atomic mass is 10.1. The Hall–Kier alpha value is -5.24. The minimum absolute atomic E-state index is 0.0157. The molecule has 0 aliphatic carbocycles. The predicted octanol–water partition coefficient (Wildman–Crippen LogP) is 4.30. The first-order chi connectivity index (χ1) is 17.3. The quantitative estimate of drug-likeness (QED) is 0.386. The Morgan fingerprint density at radius 1 is 1.06 bits per heavy atom. The number of rotatable bonds is 5. The van der Waals surface area contributed by atoms with Gasteiger partial charge in [0.25, 0.3) is 5.89 Å². The summed E-state index contributed by atoms with van der Waals surface area (Å²) in [6.45, 7) is 0. The largest absolute Gasteiger partial charge is 0.507 e. The minimum atomic E-state index is -1.28. The molecule has 0 aliphatic heterocycles. The van der Waals surface area contributed by atoms with Crippen LogP contribution in [0.5, 0.6) is 11.5 Å². The van der Waals surface area contributed by atoms with Crippen molar-refractivity contribution in [2.45, 2.75) is 0 Å². The van der Waals surface area contributed by atoms with E-state index in [-0.39, 0.29) is 34.2 Å². The second-order valence-electron chi connectivity index (χ2n) is 6.96. The highest BCUT2D eigenvalue weighted by molar-refractivity contribution is 5.93. The standard InChI is InChI=1S/C15H9FN2O4.C10H9NO3/c16-11-4-2-1-3-9(11)14-17-13(18-22-14)8-5-6-12(19)10(7-8)15(20)21;1-13-9-4-3-7(6-11)5-8(9)10(12)14-2/h1-7,19H,(H,20,21);3-5H,1-2H3. The summed E-state index contributed by atoms with van der Waals surface area (Å²) in [5.41, 5.74) is 0.856. The summed E-state index contributed by atoms with van der Waals surface area (Å²) >= 11 is 0. The second-order valence-corrected chi connectivity index (χ2v) is 6.96. The van der Waals surface area contributed by atoms with Crippen LogP contribution in [0.15, 0.2) is 65.2 Å². The third-order valence-electron chi connectivity index (χ3n) is 4.75. The Bertz CT molecular complexity index is 1460. The summed E-state index contributed by atoms with van der Waals surface area (Å²) in [5.74, 6) is -2.19. The molecule has 4 aromatic rings. The van der Waals surface area contributed by atoms with Crippen molar-refractivity contribution in [3.63, 3.8) is 0 Å². The molecule has 1 aromatic heterocycles. The molecule has 0 amide bonds. The van der Waals surface area contributed by atoms with Gasteiger partial charge in [0, 0.05) is 5.56 Å². The van der Waals surface area contributed by atoms with E-state index in [1.807, 2.05) is 6.07 Å². The van der Waals surface area contributed by atoms with Crippen LogP contribution in [0.25, 0.3) is 22.8 Å². The molecule has 36 heavy (non-hydrogen) atoms. The topological polar surface area (TPSA) is 156 Å². The lowest BCUT2D eigenvalue weighted by molar-refractivity contribution is 0.0596. The lowest BCUT2D eigenvalue weighted by Crippen LogP contribution is -2.04. The number of carboxylic acids is 1. The first-order valence-corrected chi connectivity index (χ1v) is 10.1. The molecule has 0 saturated carbocycles. The number of aromatic carboxylic acids is 1. The van der Waals surface area contributed by atoms with Gasteiger partial charge in [-0.2, -0.15) is 10.2 Å². The molecule has 1 heterocycles. The molecule has 0 bridgehead atoms. The van der Waals surface area contributed by atoms with Gasteiger partial charge in [0.15, 0.2) is 0 Å². The average molecular weight is 491 g/mol. The molecular formula is C25H18FN3O7. The number of nitriles is 1. The maximum Gasteiger partial charge on any atom is 0.341 e. The Kier molecular flexibility index (Phi) is 7.94. The number of methoxy groups -OCH3 is 2. The summed E-state index contributed by atoms with van der Waals surface area (Å²) in [6, 6.07) is 16.3. The van der Waals surface area contributed by atoms with Gasteiger partial charge < -0.3 is 24.2 Å². The predicted molar refractivity (Wildman–Crippen MR) is 123 cm³/mol. The summed E-state index contributed by atoms with van der Waals surface area (Å²) in [5, 5.41) is 30.8. The molecule has 0 unspecified atom stereocenters. The molecule has 3 aromatic carbocycles. The van der Waals surface area contributed by atoms with Crippen LogP contribution < -0.4 is 4.74 Å². The second kappa shape index (κ2) is 11.3. The maximum atomic E-state index is 13.7. The molecular weight excluding hydrogens is 473 g/mol. The number of halogens is 1. The van der Waals surface area contributed by atoms with Gasteiger partial charge in [-0.25, -0.2) is 14.0 Å². The van der Waals surface area contributed by atoms with Crippen LogP contribution in [0.1, 0.15) is 26.3 Å². The number of hydrogen-bond donors (Lipinski definition) is 2. The van der Waals surface area contributed by atoms with E-state index in [0.29, 0.717) is 16.9 Å². The Labute approximate surface area is 203 Å². The summed E-state index contributed by atoms with van der Waals surface area (Å²) < 4.78 is 28.2. The zero-order valence-electron chi connectivity index (χ0n) is 18.9. The van der Waals surface area contributed by atoms with Crippen molar-refractivity contribution in [3.05, 3.63) is 83.2 Å². The number of benzene rings is 3. The van der Waals surface area contributed by atoms with E-state index in [2.05, 4.69) is 14.9 Å². The van der Waals surface area contributed by atoms with E-state index in [4.69, 9.17) is 19.6 Å². The van der Waals surface area contributed by atoms with Crippen LogP contribution in [0, 0.1) is 17.1 Å². The van der Waals surface area contributed by atoms with E-state index in [9.17, 15) is 19.1 Å². The number of hydrogen-bond acceptors (Lipinski definition) is 9. The minimum Gasteiger partial charge on any atom is -0.507 e. The number of phenols is 1. The van der Waals surface area contributed by atoms with Crippen molar-refractivity contribution < 1.29 is 38.2 Å². The first-order valence-electron chi connectivity index (χ1n) is 10.1. The summed E-state index contributed by atoms with van der Waals surface area (Å²) in [7, 11) is 2.73. The Morgan fingerprint density at radius 3 is 2.44 bits per heavy atom. The number of ether oxygens (including phenoxy) is 2. The maximum absolute atomic E-state index is 13.7. The van der Waals surface area contributed by atoms with Crippen molar-refractivity contribution in [1.82, 2.24) is 10.1 Å². The molecule has 182 valence electrons. The summed E-state index contributed by atoms with van der Waals surface area (Å²) in [6.07, 6.45) is 0. The van der Waals surface area contributed by atoms with E-state index >= 15 is 0 Å². The monoisotopic (exact) mass is 491 g/mol. The Morgan fingerprint density at radius 2 is 1.81 bits per heavy atom. The zero-order chi connectivity index (χ0) is 26.2. The average Bonchev–Trinajstić information content (AvgIpc) is 3.38. The molecule has 11 heteroatoms. The number of carboxylic acid groups (broad SMARTS) is 1. The number of aromatic hydroxyl groups is 1. The molecule has 0 atom stereocenters. The van der Waals surface area contributed by atoms with E-state index in [0.717, 1.165) is 0 Å². The van der Waals surface area contributed by atoms with Gasteiger partial charge >= 0.3 is 11.9 Å². The molecule has 2 N–H and O–H groups in total. The fraction of sp³-hybridized carbons (Fsp3) is 0.0800. The third-order valence-corrected chi connectivity index (χ3v) is 4.75. The van der Waals surface area contributed by atoms with E-state index in [1.54, 1.807) is 18.2 Å². The van der Waals surface area contributed by atoms with Crippen molar-refractivity contribution >= 4 is 11.9 Å². The first kappa shape index (κ1) is 25.4. The summed E-state index contributed by atoms with van der Waals surface area (Å²) in [4.78, 5) is 26.3. The van der Waals surface area contributed by atoms with E-state index < -0.39 is 17.8 Å². The van der Waals surface area contributed by atoms with Gasteiger partial charge in [-0.05, 0) is 48.5 Å². The number of carbonyl (C=O) groups is 2. The molecule has 0 fully saturated rings. The molecule has 4 rings (SSSR count). The third kappa shape index (κ3) is 5.63. The van der Waals surface area contributed by atoms with Crippen LogP contribution >= 0.6 is 0 Å². The fourth-order valence-corrected chi connectivity index (χ4v) is 2.98. The Balaban J connectivity index is 0.000000223. The van der Waals surface area contributed by atoms with Crippen LogP contribution in [-0.4, -0.2) is 46.5 Å². The van der Waals surface area contributed by atoms with Crippen molar-refractivity contribution in [3.8, 4) is 40.4 Å². The van der Waals surface area contributed by atoms with Gasteiger partial charge in [-0.1, -0.05) is 17.3 Å². The fourth-order valence-electron chi connectivity index (χ4n) is 2.98. The zero-order valence-corrected chi connectivity index (χ0v) is 18.9. The molecule has 10 nitrogen and oxygen atoms in total. The number of esters is 1. The highest BCUT2D eigenvalue weighted by Crippen LogP contribution is 2.27. The van der Waals surface area contributed by atoms with Crippen LogP contribution in [0.2, 0.25) is 0 Å².